The Morgan fingerprint density at radius 1 is 1.24 bits per heavy atom. The highest BCUT2D eigenvalue weighted by atomic mass is 16.1. The molecular weight excluding hydrogens is 366 g/mol. The number of fused-ring (bicyclic) bond motifs is 1. The molecule has 4 aromatic rings. The van der Waals surface area contributed by atoms with E-state index in [1.807, 2.05) is 23.7 Å². The fraction of sp³-hybridized carbons (Fsp3) is 0.286. The quantitative estimate of drug-likeness (QED) is 0.561. The van der Waals surface area contributed by atoms with Crippen molar-refractivity contribution in [3.8, 4) is 17.1 Å². The van der Waals surface area contributed by atoms with Gasteiger partial charge in [-0.05, 0) is 31.9 Å². The molecule has 0 spiro atoms. The number of aromatic amines is 1. The number of hydrogen-bond acceptors (Lipinski definition) is 5. The molecule has 146 valence electrons. The van der Waals surface area contributed by atoms with Crippen LogP contribution in [0.4, 0.5) is 0 Å². The van der Waals surface area contributed by atoms with Crippen LogP contribution in [0.5, 0.6) is 0 Å². The maximum atomic E-state index is 11.7. The van der Waals surface area contributed by atoms with Gasteiger partial charge in [0.15, 0.2) is 5.82 Å². The summed E-state index contributed by atoms with van der Waals surface area (Å²) in [4.78, 5) is 21.0. The summed E-state index contributed by atoms with van der Waals surface area (Å²) < 4.78 is 1.88. The number of nitrogens with zero attached hydrogens (tertiary/aromatic N) is 5. The van der Waals surface area contributed by atoms with Crippen LogP contribution in [0.25, 0.3) is 28.0 Å². The van der Waals surface area contributed by atoms with Crippen LogP contribution < -0.4 is 5.32 Å². The molecule has 1 amide bonds. The summed E-state index contributed by atoms with van der Waals surface area (Å²) in [6, 6.07) is 8.15. The van der Waals surface area contributed by atoms with Crippen molar-refractivity contribution < 1.29 is 4.79 Å². The Hall–Kier alpha value is -3.55. The molecule has 1 aromatic carbocycles. The number of hydrogen-bond donors (Lipinski definition) is 2. The monoisotopic (exact) mass is 387 g/mol. The van der Waals surface area contributed by atoms with Gasteiger partial charge in [0.2, 0.25) is 5.91 Å². The fourth-order valence-electron chi connectivity index (χ4n) is 3.90. The number of amides is 1. The number of aryl methyl sites for hydroxylation is 2. The van der Waals surface area contributed by atoms with Crippen LogP contribution in [0, 0.1) is 13.8 Å². The summed E-state index contributed by atoms with van der Waals surface area (Å²) in [6.07, 6.45) is 5.53. The molecule has 8 heteroatoms. The number of carbonyl (C=O) groups excluding carboxylic acids is 1. The van der Waals surface area contributed by atoms with Gasteiger partial charge >= 0.3 is 0 Å². The van der Waals surface area contributed by atoms with Gasteiger partial charge < -0.3 is 5.32 Å². The largest absolute Gasteiger partial charge is 0.353 e. The lowest BCUT2D eigenvalue weighted by molar-refractivity contribution is -0.119. The lowest BCUT2D eigenvalue weighted by atomic mass is 10.1. The van der Waals surface area contributed by atoms with E-state index in [4.69, 9.17) is 10.1 Å². The fourth-order valence-corrected chi connectivity index (χ4v) is 3.90. The van der Waals surface area contributed by atoms with Gasteiger partial charge in [-0.25, -0.2) is 9.67 Å². The molecule has 8 nitrogen and oxygen atoms in total. The smallest absolute Gasteiger partial charge is 0.220 e. The van der Waals surface area contributed by atoms with Crippen molar-refractivity contribution in [3.63, 3.8) is 0 Å². The van der Waals surface area contributed by atoms with Crippen molar-refractivity contribution in [3.05, 3.63) is 53.7 Å². The zero-order valence-corrected chi connectivity index (χ0v) is 16.3. The molecule has 3 aromatic heterocycles. The maximum absolute atomic E-state index is 11.7. The molecule has 0 unspecified atom stereocenters. The van der Waals surface area contributed by atoms with Crippen LogP contribution in [0.3, 0.4) is 0 Å². The Balaban J connectivity index is 1.67. The van der Waals surface area contributed by atoms with Crippen LogP contribution >= 0.6 is 0 Å². The first-order valence-corrected chi connectivity index (χ1v) is 9.70. The first-order chi connectivity index (χ1) is 14.1. The highest BCUT2D eigenvalue weighted by Crippen LogP contribution is 2.27. The standard InChI is InChI=1S/C21H21N7O/c1-12-4-3-5-15-17(8-9-22-20(12)15)28-18(10-14-6-7-19(29)24-14)25-21(27-28)16-11-23-26-13(16)2/h3-5,8-9,11,14H,6-7,10H2,1-2H3,(H,23,26)(H,24,29)/t14-/m1/s1. The van der Waals surface area contributed by atoms with Gasteiger partial charge in [-0.3, -0.25) is 14.9 Å². The Morgan fingerprint density at radius 2 is 2.14 bits per heavy atom. The number of aromatic nitrogens is 6. The van der Waals surface area contributed by atoms with Gasteiger partial charge in [0.25, 0.3) is 0 Å². The van der Waals surface area contributed by atoms with E-state index in [1.165, 1.54) is 0 Å². The molecule has 29 heavy (non-hydrogen) atoms. The first kappa shape index (κ1) is 17.5. The SMILES string of the molecule is Cc1[nH]ncc1-c1nc(C[C@H]2CCC(=O)N2)n(-c2ccnc3c(C)cccc23)n1. The number of rotatable bonds is 4. The topological polar surface area (TPSA) is 101 Å². The van der Waals surface area contributed by atoms with Crippen LogP contribution in [0.1, 0.15) is 29.9 Å². The van der Waals surface area contributed by atoms with Crippen molar-refractivity contribution in [2.45, 2.75) is 39.2 Å². The molecule has 1 aliphatic heterocycles. The van der Waals surface area contributed by atoms with E-state index >= 15 is 0 Å². The average molecular weight is 387 g/mol. The van der Waals surface area contributed by atoms with E-state index in [0.717, 1.165) is 45.7 Å². The van der Waals surface area contributed by atoms with Crippen molar-refractivity contribution >= 4 is 16.8 Å². The van der Waals surface area contributed by atoms with Crippen LogP contribution in [0.2, 0.25) is 0 Å². The second kappa shape index (κ2) is 6.80. The second-order valence-corrected chi connectivity index (χ2v) is 7.48. The minimum atomic E-state index is 0.0681. The molecule has 1 aliphatic rings. The maximum Gasteiger partial charge on any atom is 0.220 e. The average Bonchev–Trinajstić information content (AvgIpc) is 3.42. The van der Waals surface area contributed by atoms with Gasteiger partial charge in [-0.2, -0.15) is 5.10 Å². The van der Waals surface area contributed by atoms with Gasteiger partial charge in [0, 0.05) is 36.2 Å². The normalized spacial score (nSPS) is 16.5. The van der Waals surface area contributed by atoms with Crippen LogP contribution in [-0.4, -0.2) is 41.9 Å². The summed E-state index contributed by atoms with van der Waals surface area (Å²) >= 11 is 0. The Bertz CT molecular complexity index is 1220. The predicted octanol–water partition coefficient (Wildman–Crippen LogP) is 2.64. The molecule has 5 rings (SSSR count). The van der Waals surface area contributed by atoms with E-state index in [9.17, 15) is 4.79 Å². The summed E-state index contributed by atoms with van der Waals surface area (Å²) in [7, 11) is 0. The van der Waals surface area contributed by atoms with Crippen molar-refractivity contribution in [1.82, 2.24) is 35.3 Å². The number of carbonyl (C=O) groups is 1. The second-order valence-electron chi connectivity index (χ2n) is 7.48. The van der Waals surface area contributed by atoms with Gasteiger partial charge in [-0.1, -0.05) is 18.2 Å². The first-order valence-electron chi connectivity index (χ1n) is 9.70. The van der Waals surface area contributed by atoms with Crippen molar-refractivity contribution in [2.75, 3.05) is 0 Å². The van der Waals surface area contributed by atoms with Crippen LogP contribution in [-0.2, 0) is 11.2 Å². The number of nitrogens with one attached hydrogen (secondary N) is 2. The van der Waals surface area contributed by atoms with E-state index in [0.29, 0.717) is 18.7 Å². The third-order valence-corrected chi connectivity index (χ3v) is 5.44. The Labute approximate surface area is 167 Å². The van der Waals surface area contributed by atoms with Crippen molar-refractivity contribution in [2.24, 2.45) is 0 Å². The van der Waals surface area contributed by atoms with Gasteiger partial charge in [0.1, 0.15) is 5.82 Å². The third kappa shape index (κ3) is 3.06. The van der Waals surface area contributed by atoms with E-state index in [-0.39, 0.29) is 11.9 Å². The summed E-state index contributed by atoms with van der Waals surface area (Å²) in [5.74, 6) is 1.52. The Kier molecular flexibility index (Phi) is 4.12. The number of para-hydroxylation sites is 1. The zero-order chi connectivity index (χ0) is 20.0. The molecule has 2 N–H and O–H groups in total. The zero-order valence-electron chi connectivity index (χ0n) is 16.3. The lowest BCUT2D eigenvalue weighted by Crippen LogP contribution is -2.28. The molecule has 1 fully saturated rings. The molecular formula is C21H21N7O. The number of H-pyrrole nitrogens is 1. The number of benzene rings is 1. The molecule has 1 saturated heterocycles. The molecule has 1 atom stereocenters. The molecule has 0 saturated carbocycles. The summed E-state index contributed by atoms with van der Waals surface area (Å²) in [5.41, 5.74) is 4.77. The minimum absolute atomic E-state index is 0.0681. The Morgan fingerprint density at radius 3 is 2.90 bits per heavy atom. The molecule has 0 bridgehead atoms. The summed E-state index contributed by atoms with van der Waals surface area (Å²) in [6.45, 7) is 4.00. The van der Waals surface area contributed by atoms with E-state index < -0.39 is 0 Å². The summed E-state index contributed by atoms with van der Waals surface area (Å²) in [5, 5.41) is 15.9. The van der Waals surface area contributed by atoms with E-state index in [1.54, 1.807) is 12.4 Å². The van der Waals surface area contributed by atoms with Gasteiger partial charge in [-0.15, -0.1) is 5.10 Å². The highest BCUT2D eigenvalue weighted by molar-refractivity contribution is 5.89. The minimum Gasteiger partial charge on any atom is -0.353 e. The molecule has 4 heterocycles. The predicted molar refractivity (Wildman–Crippen MR) is 109 cm³/mol. The molecule has 0 radical (unpaired) electrons. The van der Waals surface area contributed by atoms with Gasteiger partial charge in [0.05, 0.1) is 23.0 Å². The molecule has 0 aliphatic carbocycles. The third-order valence-electron chi connectivity index (χ3n) is 5.44. The van der Waals surface area contributed by atoms with Crippen LogP contribution in [0.15, 0.2) is 36.7 Å². The highest BCUT2D eigenvalue weighted by Gasteiger charge is 2.25. The van der Waals surface area contributed by atoms with E-state index in [2.05, 4.69) is 39.6 Å². The lowest BCUT2D eigenvalue weighted by Gasteiger charge is -2.12. The van der Waals surface area contributed by atoms with Crippen molar-refractivity contribution in [1.29, 1.82) is 0 Å². The number of pyridine rings is 1.